The lowest BCUT2D eigenvalue weighted by atomic mass is 10.5. The zero-order valence-electron chi connectivity index (χ0n) is 6.38. The molecule has 0 aliphatic carbocycles. The Bertz CT molecular complexity index is 357. The molecule has 0 atom stereocenters. The molecule has 1 heterocycles. The largest absolute Gasteiger partial charge is 0.408 e. The summed E-state index contributed by atoms with van der Waals surface area (Å²) in [6.45, 7) is -1.42. The van der Waals surface area contributed by atoms with Crippen LogP contribution in [0.4, 0.5) is 19.0 Å². The second-order valence-electron chi connectivity index (χ2n) is 2.37. The van der Waals surface area contributed by atoms with Gasteiger partial charge < -0.3 is 5.73 Å². The molecule has 0 aliphatic rings. The Morgan fingerprint density at radius 1 is 1.46 bits per heavy atom. The van der Waals surface area contributed by atoms with E-state index in [2.05, 4.69) is 5.10 Å². The summed E-state index contributed by atoms with van der Waals surface area (Å²) in [6, 6.07) is 2.09. The minimum Gasteiger partial charge on any atom is -0.382 e. The normalized spacial score (nSPS) is 11.6. The minimum atomic E-state index is -4.47. The summed E-state index contributed by atoms with van der Waals surface area (Å²) in [4.78, 5) is 10.8. The van der Waals surface area contributed by atoms with E-state index in [-0.39, 0.29) is 10.5 Å². The lowest BCUT2D eigenvalue weighted by molar-refractivity contribution is -0.143. The van der Waals surface area contributed by atoms with Gasteiger partial charge in [0.25, 0.3) is 5.56 Å². The first-order valence-electron chi connectivity index (χ1n) is 3.29. The van der Waals surface area contributed by atoms with E-state index in [1.165, 1.54) is 0 Å². The lowest BCUT2D eigenvalue weighted by Crippen LogP contribution is -2.30. The Morgan fingerprint density at radius 3 is 2.62 bits per heavy atom. The highest BCUT2D eigenvalue weighted by Crippen LogP contribution is 2.15. The standard InChI is InChI=1S/C6H6F3N3O/c7-6(8,9)3-12-5(13)2-1-4(10)11-12/h1-2H,3H2,(H2,10,11). The number of halogens is 3. The highest BCUT2D eigenvalue weighted by atomic mass is 19.4. The van der Waals surface area contributed by atoms with Crippen molar-refractivity contribution in [3.8, 4) is 0 Å². The van der Waals surface area contributed by atoms with Crippen LogP contribution in [0.3, 0.4) is 0 Å². The van der Waals surface area contributed by atoms with Crippen LogP contribution in [0.5, 0.6) is 0 Å². The third-order valence-corrected chi connectivity index (χ3v) is 1.22. The molecule has 4 nitrogen and oxygen atoms in total. The Labute approximate surface area is 70.8 Å². The van der Waals surface area contributed by atoms with Crippen molar-refractivity contribution in [2.45, 2.75) is 12.7 Å². The Hall–Kier alpha value is -1.53. The van der Waals surface area contributed by atoms with Crippen LogP contribution in [0.2, 0.25) is 0 Å². The molecular formula is C6H6F3N3O. The molecule has 0 unspecified atom stereocenters. The predicted octanol–water partition coefficient (Wildman–Crippen LogP) is 0.388. The maximum atomic E-state index is 11.8. The third-order valence-electron chi connectivity index (χ3n) is 1.22. The number of nitrogen functional groups attached to an aromatic ring is 1. The summed E-state index contributed by atoms with van der Waals surface area (Å²) in [5.74, 6) is -0.121. The van der Waals surface area contributed by atoms with Crippen LogP contribution in [0.1, 0.15) is 0 Å². The van der Waals surface area contributed by atoms with E-state index in [1.54, 1.807) is 0 Å². The maximum absolute atomic E-state index is 11.8. The molecule has 1 aromatic rings. The van der Waals surface area contributed by atoms with E-state index < -0.39 is 18.3 Å². The molecule has 0 amide bonds. The highest BCUT2D eigenvalue weighted by molar-refractivity contribution is 5.23. The van der Waals surface area contributed by atoms with E-state index in [1.807, 2.05) is 0 Å². The van der Waals surface area contributed by atoms with Gasteiger partial charge in [-0.1, -0.05) is 0 Å². The first kappa shape index (κ1) is 9.56. The van der Waals surface area contributed by atoms with Crippen molar-refractivity contribution in [1.82, 2.24) is 9.78 Å². The summed E-state index contributed by atoms with van der Waals surface area (Å²) >= 11 is 0. The number of hydrogen-bond donors (Lipinski definition) is 1. The molecule has 7 heteroatoms. The molecule has 2 N–H and O–H groups in total. The van der Waals surface area contributed by atoms with Crippen molar-refractivity contribution < 1.29 is 13.2 Å². The van der Waals surface area contributed by atoms with Gasteiger partial charge in [-0.3, -0.25) is 4.79 Å². The van der Waals surface area contributed by atoms with E-state index in [0.29, 0.717) is 0 Å². The monoisotopic (exact) mass is 193 g/mol. The van der Waals surface area contributed by atoms with Crippen LogP contribution in [0.15, 0.2) is 16.9 Å². The average molecular weight is 193 g/mol. The second-order valence-corrected chi connectivity index (χ2v) is 2.37. The molecule has 0 spiro atoms. The minimum absolute atomic E-state index is 0.121. The summed E-state index contributed by atoms with van der Waals surface area (Å²) in [5, 5.41) is 3.22. The molecule has 0 aliphatic heterocycles. The molecule has 0 radical (unpaired) electrons. The van der Waals surface area contributed by atoms with Crippen LogP contribution >= 0.6 is 0 Å². The Kier molecular flexibility index (Phi) is 2.26. The maximum Gasteiger partial charge on any atom is 0.408 e. The number of hydrogen-bond acceptors (Lipinski definition) is 3. The molecule has 1 rings (SSSR count). The zero-order chi connectivity index (χ0) is 10.1. The average Bonchev–Trinajstić information content (AvgIpc) is 1.94. The zero-order valence-corrected chi connectivity index (χ0v) is 6.38. The molecule has 0 saturated carbocycles. The second kappa shape index (κ2) is 3.08. The Balaban J connectivity index is 3.01. The topological polar surface area (TPSA) is 60.9 Å². The summed E-state index contributed by atoms with van der Waals surface area (Å²) in [6.07, 6.45) is -4.47. The SMILES string of the molecule is Nc1ccc(=O)n(CC(F)(F)F)n1. The molecule has 0 aromatic carbocycles. The molecule has 13 heavy (non-hydrogen) atoms. The van der Waals surface area contributed by atoms with Crippen LogP contribution in [-0.4, -0.2) is 16.0 Å². The summed E-state index contributed by atoms with van der Waals surface area (Å²) in [5.41, 5.74) is 4.28. The van der Waals surface area contributed by atoms with Crippen molar-refractivity contribution in [3.63, 3.8) is 0 Å². The van der Waals surface area contributed by atoms with Crippen molar-refractivity contribution in [1.29, 1.82) is 0 Å². The molecule has 0 fully saturated rings. The Morgan fingerprint density at radius 2 is 2.08 bits per heavy atom. The first-order valence-corrected chi connectivity index (χ1v) is 3.29. The van der Waals surface area contributed by atoms with Gasteiger partial charge in [0, 0.05) is 6.07 Å². The highest BCUT2D eigenvalue weighted by Gasteiger charge is 2.29. The smallest absolute Gasteiger partial charge is 0.382 e. The van der Waals surface area contributed by atoms with E-state index in [0.717, 1.165) is 12.1 Å². The number of nitrogens with zero attached hydrogens (tertiary/aromatic N) is 2. The fourth-order valence-corrected chi connectivity index (χ4v) is 0.748. The van der Waals surface area contributed by atoms with Gasteiger partial charge in [-0.15, -0.1) is 0 Å². The number of nitrogens with two attached hydrogens (primary N) is 1. The predicted molar refractivity (Wildman–Crippen MR) is 39.0 cm³/mol. The molecule has 72 valence electrons. The fraction of sp³-hybridized carbons (Fsp3) is 0.333. The van der Waals surface area contributed by atoms with Gasteiger partial charge in [0.2, 0.25) is 0 Å². The number of alkyl halides is 3. The molecule has 1 aromatic heterocycles. The van der Waals surface area contributed by atoms with E-state index in [4.69, 9.17) is 5.73 Å². The quantitative estimate of drug-likeness (QED) is 0.701. The van der Waals surface area contributed by atoms with Gasteiger partial charge in [0.1, 0.15) is 12.4 Å². The van der Waals surface area contributed by atoms with Gasteiger partial charge in [-0.2, -0.15) is 18.3 Å². The third kappa shape index (κ3) is 2.77. The summed E-state index contributed by atoms with van der Waals surface area (Å²) in [7, 11) is 0. The molecule has 0 saturated heterocycles. The van der Waals surface area contributed by atoms with Gasteiger partial charge in [0.15, 0.2) is 0 Å². The number of anilines is 1. The van der Waals surface area contributed by atoms with Crippen LogP contribution < -0.4 is 11.3 Å². The van der Waals surface area contributed by atoms with Gasteiger partial charge >= 0.3 is 6.18 Å². The lowest BCUT2D eigenvalue weighted by Gasteiger charge is -2.07. The van der Waals surface area contributed by atoms with Crippen molar-refractivity contribution in [2.75, 3.05) is 5.73 Å². The van der Waals surface area contributed by atoms with Gasteiger partial charge in [-0.25, -0.2) is 4.68 Å². The number of aromatic nitrogens is 2. The molecule has 0 bridgehead atoms. The molecular weight excluding hydrogens is 187 g/mol. The van der Waals surface area contributed by atoms with E-state index in [9.17, 15) is 18.0 Å². The fourth-order valence-electron chi connectivity index (χ4n) is 0.748. The van der Waals surface area contributed by atoms with Crippen LogP contribution in [0.25, 0.3) is 0 Å². The van der Waals surface area contributed by atoms with E-state index >= 15 is 0 Å². The van der Waals surface area contributed by atoms with Crippen molar-refractivity contribution in [3.05, 3.63) is 22.5 Å². The first-order chi connectivity index (χ1) is 5.88. The van der Waals surface area contributed by atoms with Crippen molar-refractivity contribution >= 4 is 5.82 Å². The van der Waals surface area contributed by atoms with Gasteiger partial charge in [-0.05, 0) is 6.07 Å². The van der Waals surface area contributed by atoms with Crippen LogP contribution in [-0.2, 0) is 6.54 Å². The van der Waals surface area contributed by atoms with Crippen molar-refractivity contribution in [2.24, 2.45) is 0 Å². The van der Waals surface area contributed by atoms with Crippen LogP contribution in [0, 0.1) is 0 Å². The van der Waals surface area contributed by atoms with Gasteiger partial charge in [0.05, 0.1) is 0 Å². The summed E-state index contributed by atoms with van der Waals surface area (Å²) < 4.78 is 35.7. The number of rotatable bonds is 1.